The maximum absolute atomic E-state index is 12.7. The number of ketones is 1. The van der Waals surface area contributed by atoms with Crippen molar-refractivity contribution in [2.45, 2.75) is 13.5 Å². The standard InChI is InChI=1S/C12H11FN2O2/c1-2-15-11(10(16)7-14-15)12(17)8-3-5-9(13)6-4-8/h3-7,16H,2H2,1H3. The average Bonchev–Trinajstić information content (AvgIpc) is 2.70. The summed E-state index contributed by atoms with van der Waals surface area (Å²) in [5.74, 6) is -0.946. The Morgan fingerprint density at radius 3 is 2.65 bits per heavy atom. The van der Waals surface area contributed by atoms with Gasteiger partial charge >= 0.3 is 0 Å². The smallest absolute Gasteiger partial charge is 0.214 e. The van der Waals surface area contributed by atoms with Crippen molar-refractivity contribution in [2.24, 2.45) is 0 Å². The number of nitrogens with zero attached hydrogens (tertiary/aromatic N) is 2. The minimum atomic E-state index is -0.408. The van der Waals surface area contributed by atoms with Crippen LogP contribution < -0.4 is 0 Å². The summed E-state index contributed by atoms with van der Waals surface area (Å²) >= 11 is 0. The SMILES string of the molecule is CCn1ncc(O)c1C(=O)c1ccc(F)cc1. The minimum Gasteiger partial charge on any atom is -0.504 e. The lowest BCUT2D eigenvalue weighted by atomic mass is 10.1. The number of hydrogen-bond acceptors (Lipinski definition) is 3. The molecule has 2 rings (SSSR count). The van der Waals surface area contributed by atoms with Crippen LogP contribution in [0.3, 0.4) is 0 Å². The highest BCUT2D eigenvalue weighted by Gasteiger charge is 2.19. The van der Waals surface area contributed by atoms with E-state index in [0.29, 0.717) is 12.1 Å². The van der Waals surface area contributed by atoms with Gasteiger partial charge in [0.05, 0.1) is 6.20 Å². The van der Waals surface area contributed by atoms with Crippen molar-refractivity contribution < 1.29 is 14.3 Å². The summed E-state index contributed by atoms with van der Waals surface area (Å²) in [7, 11) is 0. The predicted octanol–water partition coefficient (Wildman–Crippen LogP) is 1.98. The zero-order valence-corrected chi connectivity index (χ0v) is 9.22. The number of hydrogen-bond donors (Lipinski definition) is 1. The van der Waals surface area contributed by atoms with Crippen LogP contribution in [0.25, 0.3) is 0 Å². The molecule has 5 heteroatoms. The number of carbonyl (C=O) groups is 1. The van der Waals surface area contributed by atoms with E-state index in [4.69, 9.17) is 0 Å². The second-order valence-electron chi connectivity index (χ2n) is 3.53. The number of rotatable bonds is 3. The van der Waals surface area contributed by atoms with Gasteiger partial charge in [0.2, 0.25) is 5.78 Å². The molecule has 2 aromatic rings. The fourth-order valence-electron chi connectivity index (χ4n) is 1.59. The second kappa shape index (κ2) is 4.37. The Balaban J connectivity index is 2.43. The van der Waals surface area contributed by atoms with Crippen molar-refractivity contribution in [1.82, 2.24) is 9.78 Å². The molecule has 0 aliphatic carbocycles. The van der Waals surface area contributed by atoms with Gasteiger partial charge in [0.1, 0.15) is 5.82 Å². The highest BCUT2D eigenvalue weighted by atomic mass is 19.1. The lowest BCUT2D eigenvalue weighted by Gasteiger charge is -2.04. The summed E-state index contributed by atoms with van der Waals surface area (Å²) in [6.07, 6.45) is 1.22. The van der Waals surface area contributed by atoms with Gasteiger partial charge in [-0.25, -0.2) is 4.39 Å². The Morgan fingerprint density at radius 2 is 2.06 bits per heavy atom. The molecule has 0 fully saturated rings. The summed E-state index contributed by atoms with van der Waals surface area (Å²) in [6, 6.07) is 5.17. The topological polar surface area (TPSA) is 55.1 Å². The van der Waals surface area contributed by atoms with Gasteiger partial charge in [0, 0.05) is 12.1 Å². The summed E-state index contributed by atoms with van der Waals surface area (Å²) in [4.78, 5) is 12.1. The second-order valence-corrected chi connectivity index (χ2v) is 3.53. The minimum absolute atomic E-state index is 0.124. The zero-order valence-electron chi connectivity index (χ0n) is 9.22. The molecule has 0 unspecified atom stereocenters. The summed E-state index contributed by atoms with van der Waals surface area (Å²) in [5.41, 5.74) is 0.441. The van der Waals surface area contributed by atoms with E-state index in [2.05, 4.69) is 5.10 Å². The fraction of sp³-hybridized carbons (Fsp3) is 0.167. The summed E-state index contributed by atoms with van der Waals surface area (Å²) in [6.45, 7) is 2.29. The first-order valence-electron chi connectivity index (χ1n) is 5.18. The third-order valence-electron chi connectivity index (χ3n) is 2.44. The molecule has 0 aliphatic rings. The Morgan fingerprint density at radius 1 is 1.41 bits per heavy atom. The Labute approximate surface area is 97.3 Å². The molecule has 1 aromatic heterocycles. The maximum atomic E-state index is 12.7. The number of carbonyl (C=O) groups excluding carboxylic acids is 1. The molecule has 1 heterocycles. The molecule has 0 aliphatic heterocycles. The molecule has 0 bridgehead atoms. The van der Waals surface area contributed by atoms with Crippen molar-refractivity contribution in [3.63, 3.8) is 0 Å². The van der Waals surface area contributed by atoms with Crippen LogP contribution in [0.2, 0.25) is 0 Å². The number of aryl methyl sites for hydroxylation is 1. The molecule has 0 spiro atoms. The number of aromatic nitrogens is 2. The Hall–Kier alpha value is -2.17. The molecule has 0 saturated carbocycles. The third-order valence-corrected chi connectivity index (χ3v) is 2.44. The van der Waals surface area contributed by atoms with Gasteiger partial charge in [-0.15, -0.1) is 0 Å². The average molecular weight is 234 g/mol. The molecule has 1 N–H and O–H groups in total. The lowest BCUT2D eigenvalue weighted by molar-refractivity contribution is 0.102. The van der Waals surface area contributed by atoms with Gasteiger partial charge in [-0.05, 0) is 31.2 Å². The van der Waals surface area contributed by atoms with Crippen LogP contribution in [0.1, 0.15) is 23.0 Å². The lowest BCUT2D eigenvalue weighted by Crippen LogP contribution is -2.10. The van der Waals surface area contributed by atoms with E-state index in [1.807, 2.05) is 6.92 Å². The molecule has 0 atom stereocenters. The fourth-order valence-corrected chi connectivity index (χ4v) is 1.59. The van der Waals surface area contributed by atoms with E-state index < -0.39 is 5.82 Å². The van der Waals surface area contributed by atoms with Gasteiger partial charge in [-0.1, -0.05) is 0 Å². The molecular weight excluding hydrogens is 223 g/mol. The van der Waals surface area contributed by atoms with Gasteiger partial charge in [-0.2, -0.15) is 5.10 Å². The first-order valence-corrected chi connectivity index (χ1v) is 5.18. The van der Waals surface area contributed by atoms with Crippen LogP contribution in [-0.2, 0) is 6.54 Å². The third kappa shape index (κ3) is 2.04. The Bertz CT molecular complexity index is 546. The molecule has 0 amide bonds. The van der Waals surface area contributed by atoms with E-state index in [9.17, 15) is 14.3 Å². The molecular formula is C12H11FN2O2. The molecule has 0 saturated heterocycles. The van der Waals surface area contributed by atoms with Crippen LogP contribution in [0, 0.1) is 5.82 Å². The number of benzene rings is 1. The van der Waals surface area contributed by atoms with Crippen molar-refractivity contribution >= 4 is 5.78 Å². The first-order chi connectivity index (χ1) is 8.13. The van der Waals surface area contributed by atoms with Crippen LogP contribution >= 0.6 is 0 Å². The molecule has 17 heavy (non-hydrogen) atoms. The van der Waals surface area contributed by atoms with E-state index in [0.717, 1.165) is 0 Å². The monoisotopic (exact) mass is 234 g/mol. The highest BCUT2D eigenvalue weighted by molar-refractivity contribution is 6.09. The predicted molar refractivity (Wildman–Crippen MR) is 59.4 cm³/mol. The van der Waals surface area contributed by atoms with Crippen LogP contribution in [-0.4, -0.2) is 20.7 Å². The van der Waals surface area contributed by atoms with E-state index in [-0.39, 0.29) is 17.2 Å². The molecule has 1 aromatic carbocycles. The van der Waals surface area contributed by atoms with Gasteiger partial charge in [0.15, 0.2) is 11.4 Å². The zero-order chi connectivity index (χ0) is 12.4. The molecule has 88 valence electrons. The number of halogens is 1. The van der Waals surface area contributed by atoms with Crippen molar-refractivity contribution in [2.75, 3.05) is 0 Å². The molecule has 0 radical (unpaired) electrons. The largest absolute Gasteiger partial charge is 0.504 e. The van der Waals surface area contributed by atoms with Gasteiger partial charge in [0.25, 0.3) is 0 Å². The van der Waals surface area contributed by atoms with Crippen LogP contribution in [0.4, 0.5) is 4.39 Å². The van der Waals surface area contributed by atoms with E-state index >= 15 is 0 Å². The summed E-state index contributed by atoms with van der Waals surface area (Å²) < 4.78 is 14.1. The maximum Gasteiger partial charge on any atom is 0.214 e. The first kappa shape index (κ1) is 11.3. The van der Waals surface area contributed by atoms with Crippen molar-refractivity contribution in [3.8, 4) is 5.75 Å². The van der Waals surface area contributed by atoms with Crippen LogP contribution in [0.5, 0.6) is 5.75 Å². The van der Waals surface area contributed by atoms with Gasteiger partial charge < -0.3 is 5.11 Å². The van der Waals surface area contributed by atoms with Crippen molar-refractivity contribution in [1.29, 1.82) is 0 Å². The summed E-state index contributed by atoms with van der Waals surface area (Å²) in [5, 5.41) is 13.4. The quantitative estimate of drug-likeness (QED) is 0.826. The Kier molecular flexibility index (Phi) is 2.91. The number of aromatic hydroxyl groups is 1. The van der Waals surface area contributed by atoms with Crippen LogP contribution in [0.15, 0.2) is 30.5 Å². The van der Waals surface area contributed by atoms with E-state index in [1.54, 1.807) is 0 Å². The highest BCUT2D eigenvalue weighted by Crippen LogP contribution is 2.20. The van der Waals surface area contributed by atoms with Crippen molar-refractivity contribution in [3.05, 3.63) is 47.5 Å². The van der Waals surface area contributed by atoms with Gasteiger partial charge in [-0.3, -0.25) is 9.48 Å². The normalized spacial score (nSPS) is 10.5. The molecule has 4 nitrogen and oxygen atoms in total. The van der Waals surface area contributed by atoms with E-state index in [1.165, 1.54) is 35.1 Å².